The van der Waals surface area contributed by atoms with Crippen molar-refractivity contribution in [1.82, 2.24) is 9.97 Å². The maximum atomic E-state index is 11.2. The van der Waals surface area contributed by atoms with Crippen LogP contribution in [0.1, 0.15) is 31.4 Å². The van der Waals surface area contributed by atoms with Gasteiger partial charge >= 0.3 is 5.69 Å². The number of hydrogen-bond acceptors (Lipinski definition) is 6. The summed E-state index contributed by atoms with van der Waals surface area (Å²) in [5.74, 6) is 3.02. The maximum Gasteiger partial charge on any atom is 0.332 e. The summed E-state index contributed by atoms with van der Waals surface area (Å²) in [6.07, 6.45) is 5.24. The number of nitrogens with one attached hydrogen (secondary N) is 2. The van der Waals surface area contributed by atoms with E-state index in [1.165, 1.54) is 25.7 Å². The molecular weight excluding hydrogens is 270 g/mol. The first-order chi connectivity index (χ1) is 10.1. The fourth-order valence-corrected chi connectivity index (χ4v) is 3.87. The molecule has 2 N–H and O–H groups in total. The summed E-state index contributed by atoms with van der Waals surface area (Å²) in [4.78, 5) is 19.1. The van der Waals surface area contributed by atoms with Crippen LogP contribution in [-0.4, -0.2) is 28.5 Å². The Bertz CT molecular complexity index is 563. The normalized spacial score (nSPS) is 26.9. The van der Waals surface area contributed by atoms with Crippen LogP contribution in [0.5, 0.6) is 0 Å². The average Bonchev–Trinajstić information content (AvgIpc) is 3.06. The molecule has 1 aromatic rings. The van der Waals surface area contributed by atoms with Crippen molar-refractivity contribution in [2.75, 3.05) is 24.2 Å². The summed E-state index contributed by atoms with van der Waals surface area (Å²) in [5, 5.41) is 17.3. The SMILES string of the molecule is CNc1nc(C)c([N+](=O)[O-])c(NCC2CC3CCC2C3)n1. The van der Waals surface area contributed by atoms with Crippen molar-refractivity contribution in [1.29, 1.82) is 0 Å². The quantitative estimate of drug-likeness (QED) is 0.640. The Balaban J connectivity index is 1.77. The molecule has 3 unspecified atom stereocenters. The van der Waals surface area contributed by atoms with E-state index in [9.17, 15) is 10.1 Å². The van der Waals surface area contributed by atoms with E-state index in [2.05, 4.69) is 20.6 Å². The molecule has 3 atom stereocenters. The Hall–Kier alpha value is -1.92. The van der Waals surface area contributed by atoms with Gasteiger partial charge in [0.1, 0.15) is 5.69 Å². The minimum absolute atomic E-state index is 0.0165. The Morgan fingerprint density at radius 3 is 2.71 bits per heavy atom. The van der Waals surface area contributed by atoms with Gasteiger partial charge in [0.05, 0.1) is 4.92 Å². The van der Waals surface area contributed by atoms with Crippen molar-refractivity contribution in [2.24, 2.45) is 17.8 Å². The monoisotopic (exact) mass is 291 g/mol. The van der Waals surface area contributed by atoms with Crippen LogP contribution in [0.4, 0.5) is 17.5 Å². The molecule has 1 heterocycles. The zero-order valence-electron chi connectivity index (χ0n) is 12.4. The molecule has 21 heavy (non-hydrogen) atoms. The summed E-state index contributed by atoms with van der Waals surface area (Å²) < 4.78 is 0. The van der Waals surface area contributed by atoms with E-state index < -0.39 is 4.92 Å². The molecule has 0 saturated heterocycles. The topological polar surface area (TPSA) is 93.0 Å². The lowest BCUT2D eigenvalue weighted by atomic mass is 9.89. The van der Waals surface area contributed by atoms with E-state index >= 15 is 0 Å². The number of anilines is 2. The summed E-state index contributed by atoms with van der Waals surface area (Å²) in [5.41, 5.74) is 0.368. The van der Waals surface area contributed by atoms with Gasteiger partial charge in [-0.15, -0.1) is 0 Å². The van der Waals surface area contributed by atoms with Crippen LogP contribution in [-0.2, 0) is 0 Å². The van der Waals surface area contributed by atoms with E-state index in [1.54, 1.807) is 14.0 Å². The Morgan fingerprint density at radius 2 is 2.14 bits per heavy atom. The molecule has 3 rings (SSSR count). The van der Waals surface area contributed by atoms with Crippen molar-refractivity contribution >= 4 is 17.5 Å². The van der Waals surface area contributed by atoms with Gasteiger partial charge in [-0.25, -0.2) is 4.98 Å². The second-order valence-electron chi connectivity index (χ2n) is 6.15. The fourth-order valence-electron chi connectivity index (χ4n) is 3.87. The molecule has 2 saturated carbocycles. The van der Waals surface area contributed by atoms with Gasteiger partial charge in [-0.2, -0.15) is 4.98 Å². The highest BCUT2D eigenvalue weighted by Crippen LogP contribution is 2.48. The predicted molar refractivity (Wildman–Crippen MR) is 80.4 cm³/mol. The van der Waals surface area contributed by atoms with Crippen LogP contribution in [0.15, 0.2) is 0 Å². The van der Waals surface area contributed by atoms with Crippen LogP contribution in [0.25, 0.3) is 0 Å². The highest BCUT2D eigenvalue weighted by molar-refractivity contribution is 5.60. The second kappa shape index (κ2) is 5.46. The van der Waals surface area contributed by atoms with E-state index in [4.69, 9.17) is 0 Å². The molecule has 7 nitrogen and oxygen atoms in total. The second-order valence-corrected chi connectivity index (χ2v) is 6.15. The van der Waals surface area contributed by atoms with E-state index in [-0.39, 0.29) is 5.69 Å². The summed E-state index contributed by atoms with van der Waals surface area (Å²) in [6, 6.07) is 0. The molecule has 1 aromatic heterocycles. The number of aryl methyl sites for hydroxylation is 1. The van der Waals surface area contributed by atoms with Crippen LogP contribution < -0.4 is 10.6 Å². The molecule has 0 aliphatic heterocycles. The molecular formula is C14H21N5O2. The predicted octanol–water partition coefficient (Wildman–Crippen LogP) is 2.58. The Labute approximate surface area is 123 Å². The number of nitro groups is 1. The fraction of sp³-hybridized carbons (Fsp3) is 0.714. The number of nitrogens with zero attached hydrogens (tertiary/aromatic N) is 3. The molecule has 2 bridgehead atoms. The summed E-state index contributed by atoms with van der Waals surface area (Å²) in [6.45, 7) is 2.41. The number of hydrogen-bond donors (Lipinski definition) is 2. The minimum Gasteiger partial charge on any atom is -0.364 e. The van der Waals surface area contributed by atoms with Crippen molar-refractivity contribution < 1.29 is 4.92 Å². The van der Waals surface area contributed by atoms with Gasteiger partial charge in [0.15, 0.2) is 0 Å². The van der Waals surface area contributed by atoms with Gasteiger partial charge < -0.3 is 10.6 Å². The smallest absolute Gasteiger partial charge is 0.332 e. The minimum atomic E-state index is -0.405. The van der Waals surface area contributed by atoms with E-state index in [0.29, 0.717) is 23.4 Å². The third-order valence-corrected chi connectivity index (χ3v) is 4.88. The van der Waals surface area contributed by atoms with Crippen molar-refractivity contribution in [2.45, 2.75) is 32.6 Å². The lowest BCUT2D eigenvalue weighted by Crippen LogP contribution is -2.21. The van der Waals surface area contributed by atoms with Crippen LogP contribution in [0.3, 0.4) is 0 Å². The molecule has 0 amide bonds. The molecule has 7 heteroatoms. The summed E-state index contributed by atoms with van der Waals surface area (Å²) in [7, 11) is 1.71. The first-order valence-corrected chi connectivity index (χ1v) is 7.53. The highest BCUT2D eigenvalue weighted by atomic mass is 16.6. The molecule has 0 radical (unpaired) electrons. The Kier molecular flexibility index (Phi) is 3.65. The van der Waals surface area contributed by atoms with Crippen LogP contribution in [0.2, 0.25) is 0 Å². The van der Waals surface area contributed by atoms with Gasteiger partial charge in [0, 0.05) is 13.6 Å². The third kappa shape index (κ3) is 2.64. The largest absolute Gasteiger partial charge is 0.364 e. The van der Waals surface area contributed by atoms with Gasteiger partial charge in [-0.1, -0.05) is 6.42 Å². The van der Waals surface area contributed by atoms with E-state index in [1.807, 2.05) is 0 Å². The first kappa shape index (κ1) is 14.0. The van der Waals surface area contributed by atoms with Crippen molar-refractivity contribution in [3.63, 3.8) is 0 Å². The number of aromatic nitrogens is 2. The molecule has 0 aromatic carbocycles. The van der Waals surface area contributed by atoms with Crippen molar-refractivity contribution in [3.05, 3.63) is 15.8 Å². The number of rotatable bonds is 5. The zero-order valence-corrected chi connectivity index (χ0v) is 12.4. The maximum absolute atomic E-state index is 11.2. The summed E-state index contributed by atoms with van der Waals surface area (Å²) >= 11 is 0. The van der Waals surface area contributed by atoms with Gasteiger partial charge in [0.25, 0.3) is 0 Å². The molecule has 114 valence electrons. The van der Waals surface area contributed by atoms with Gasteiger partial charge in [-0.05, 0) is 43.9 Å². The Morgan fingerprint density at radius 1 is 1.33 bits per heavy atom. The van der Waals surface area contributed by atoms with Gasteiger partial charge in [0.2, 0.25) is 11.8 Å². The standard InChI is InChI=1S/C14H21N5O2/c1-8-12(19(20)21)13(18-14(15-2)17-8)16-7-11-6-9-3-4-10(11)5-9/h9-11H,3-7H2,1-2H3,(H2,15,16,17,18). The average molecular weight is 291 g/mol. The molecule has 2 aliphatic carbocycles. The third-order valence-electron chi connectivity index (χ3n) is 4.88. The van der Waals surface area contributed by atoms with Crippen LogP contribution in [0, 0.1) is 34.8 Å². The number of fused-ring (bicyclic) bond motifs is 2. The molecule has 2 fully saturated rings. The first-order valence-electron chi connectivity index (χ1n) is 7.53. The van der Waals surface area contributed by atoms with Gasteiger partial charge in [-0.3, -0.25) is 10.1 Å². The highest BCUT2D eigenvalue weighted by Gasteiger charge is 2.39. The van der Waals surface area contributed by atoms with Crippen LogP contribution >= 0.6 is 0 Å². The van der Waals surface area contributed by atoms with E-state index in [0.717, 1.165) is 18.4 Å². The lowest BCUT2D eigenvalue weighted by Gasteiger charge is -2.22. The molecule has 0 spiro atoms. The zero-order chi connectivity index (χ0) is 15.0. The lowest BCUT2D eigenvalue weighted by molar-refractivity contribution is -0.385. The molecule has 2 aliphatic rings. The van der Waals surface area contributed by atoms with Crippen molar-refractivity contribution in [3.8, 4) is 0 Å².